The number of aromatic nitrogens is 2. The number of rotatable bonds is 9. The van der Waals surface area contributed by atoms with Crippen LogP contribution in [-0.4, -0.2) is 32.9 Å². The number of nitrogens with zero attached hydrogens (tertiary/aromatic N) is 2. The second kappa shape index (κ2) is 11.4. The van der Waals surface area contributed by atoms with Crippen molar-refractivity contribution in [2.45, 2.75) is 50.0 Å². The summed E-state index contributed by atoms with van der Waals surface area (Å²) in [5, 5.41) is 15.1. The predicted octanol–water partition coefficient (Wildman–Crippen LogP) is 8.76. The highest BCUT2D eigenvalue weighted by molar-refractivity contribution is 8.33. The van der Waals surface area contributed by atoms with Gasteiger partial charge in [0, 0.05) is 0 Å². The predicted molar refractivity (Wildman–Crippen MR) is 157 cm³/mol. The van der Waals surface area contributed by atoms with Crippen molar-refractivity contribution in [2.75, 3.05) is 12.0 Å². The van der Waals surface area contributed by atoms with E-state index in [0.717, 1.165) is 33.2 Å². The SMILES string of the molecule is CCS(C)(c1cccc(C(=O)O)c1)c1ccc(OCc2c(C(C)C)cnn2-c2c(Cl)cccc2Cl)cc1C. The lowest BCUT2D eigenvalue weighted by atomic mass is 10.0. The largest absolute Gasteiger partial charge is 0.487 e. The van der Waals surface area contributed by atoms with E-state index < -0.39 is 16.0 Å². The molecule has 0 fully saturated rings. The van der Waals surface area contributed by atoms with Gasteiger partial charge in [0.1, 0.15) is 18.0 Å². The quantitative estimate of drug-likeness (QED) is 0.218. The van der Waals surface area contributed by atoms with Gasteiger partial charge in [-0.25, -0.2) is 9.48 Å². The Morgan fingerprint density at radius 3 is 2.37 bits per heavy atom. The Morgan fingerprint density at radius 2 is 1.76 bits per heavy atom. The van der Waals surface area contributed by atoms with E-state index in [1.807, 2.05) is 30.5 Å². The van der Waals surface area contributed by atoms with Crippen molar-refractivity contribution in [3.8, 4) is 11.4 Å². The van der Waals surface area contributed by atoms with Gasteiger partial charge in [0.2, 0.25) is 0 Å². The highest BCUT2D eigenvalue weighted by Crippen LogP contribution is 2.60. The maximum absolute atomic E-state index is 11.6. The van der Waals surface area contributed by atoms with E-state index in [1.54, 1.807) is 28.9 Å². The Morgan fingerprint density at radius 1 is 1.08 bits per heavy atom. The van der Waals surface area contributed by atoms with Gasteiger partial charge in [-0.3, -0.25) is 0 Å². The summed E-state index contributed by atoms with van der Waals surface area (Å²) in [6.07, 6.45) is 4.08. The zero-order chi connectivity index (χ0) is 27.6. The van der Waals surface area contributed by atoms with Gasteiger partial charge in [0.05, 0.1) is 27.5 Å². The molecule has 8 heteroatoms. The summed E-state index contributed by atoms with van der Waals surface area (Å²) in [5.74, 6) is 0.967. The minimum Gasteiger partial charge on any atom is -0.487 e. The number of carbonyl (C=O) groups is 1. The van der Waals surface area contributed by atoms with Crippen LogP contribution in [0.2, 0.25) is 10.0 Å². The molecule has 4 rings (SSSR count). The van der Waals surface area contributed by atoms with Crippen LogP contribution in [0, 0.1) is 6.92 Å². The van der Waals surface area contributed by atoms with Gasteiger partial charge in [-0.15, -0.1) is 0 Å². The van der Waals surface area contributed by atoms with E-state index in [0.29, 0.717) is 27.9 Å². The molecule has 0 aliphatic heterocycles. The average Bonchev–Trinajstić information content (AvgIpc) is 3.30. The van der Waals surface area contributed by atoms with Gasteiger partial charge in [-0.1, -0.05) is 56.1 Å². The Hall–Kier alpha value is -2.93. The molecular formula is C30H32Cl2N2O3S. The fourth-order valence-corrected chi connectivity index (χ4v) is 7.98. The standard InChI is InChI=1S/C30H32Cl2N2O3S/c1-6-38(5,23-10-7-9-21(16-23)30(35)36)28-14-13-22(15-20(28)4)37-18-27-24(19(2)3)17-33-34(27)29-25(31)11-8-12-26(29)32/h7-17,19H,6,18H2,1-5H3,(H,35,36). The van der Waals surface area contributed by atoms with Crippen molar-refractivity contribution in [3.05, 3.63) is 99.3 Å². The molecular weight excluding hydrogens is 539 g/mol. The molecule has 0 aliphatic carbocycles. The summed E-state index contributed by atoms with van der Waals surface area (Å²) >= 11 is 13.0. The second-order valence-corrected chi connectivity index (χ2v) is 14.1. The third kappa shape index (κ3) is 5.44. The van der Waals surface area contributed by atoms with Crippen LogP contribution in [0.3, 0.4) is 0 Å². The molecule has 0 saturated carbocycles. The number of halogens is 2. The Balaban J connectivity index is 1.66. The van der Waals surface area contributed by atoms with E-state index in [-0.39, 0.29) is 5.92 Å². The lowest BCUT2D eigenvalue weighted by molar-refractivity contribution is 0.0696. The van der Waals surface area contributed by atoms with E-state index in [9.17, 15) is 9.90 Å². The fourth-order valence-electron chi connectivity index (χ4n) is 4.62. The monoisotopic (exact) mass is 570 g/mol. The van der Waals surface area contributed by atoms with Crippen LogP contribution < -0.4 is 4.74 Å². The first-order valence-corrected chi connectivity index (χ1v) is 15.4. The molecule has 4 aromatic rings. The summed E-state index contributed by atoms with van der Waals surface area (Å²) in [6, 6.07) is 18.9. The molecule has 1 aromatic heterocycles. The van der Waals surface area contributed by atoms with Crippen LogP contribution in [0.5, 0.6) is 5.75 Å². The van der Waals surface area contributed by atoms with Crippen molar-refractivity contribution < 1.29 is 14.6 Å². The summed E-state index contributed by atoms with van der Waals surface area (Å²) in [7, 11) is -1.43. The van der Waals surface area contributed by atoms with Crippen LogP contribution in [0.15, 0.2) is 76.7 Å². The zero-order valence-electron chi connectivity index (χ0n) is 22.2. The number of aryl methyl sites for hydroxylation is 1. The van der Waals surface area contributed by atoms with Crippen LogP contribution in [0.25, 0.3) is 5.69 Å². The van der Waals surface area contributed by atoms with Crippen molar-refractivity contribution in [1.29, 1.82) is 0 Å². The molecule has 5 nitrogen and oxygen atoms in total. The first-order valence-electron chi connectivity index (χ1n) is 12.4. The maximum atomic E-state index is 11.6. The van der Waals surface area contributed by atoms with Gasteiger partial charge < -0.3 is 9.84 Å². The zero-order valence-corrected chi connectivity index (χ0v) is 24.5. The highest BCUT2D eigenvalue weighted by Gasteiger charge is 2.25. The number of carboxylic acid groups (broad SMARTS) is 1. The average molecular weight is 572 g/mol. The van der Waals surface area contributed by atoms with Crippen molar-refractivity contribution >= 4 is 39.2 Å². The lowest BCUT2D eigenvalue weighted by Crippen LogP contribution is -2.10. The second-order valence-electron chi connectivity index (χ2n) is 9.61. The van der Waals surface area contributed by atoms with Crippen molar-refractivity contribution in [3.63, 3.8) is 0 Å². The fraction of sp³-hybridized carbons (Fsp3) is 0.267. The number of ether oxygens (including phenoxy) is 1. The Kier molecular flexibility index (Phi) is 8.46. The van der Waals surface area contributed by atoms with E-state index in [2.05, 4.69) is 51.2 Å². The summed E-state index contributed by atoms with van der Waals surface area (Å²) in [4.78, 5) is 13.8. The van der Waals surface area contributed by atoms with Gasteiger partial charge in [-0.2, -0.15) is 15.1 Å². The molecule has 0 amide bonds. The van der Waals surface area contributed by atoms with E-state index in [4.69, 9.17) is 27.9 Å². The van der Waals surface area contributed by atoms with Gasteiger partial charge >= 0.3 is 5.97 Å². The molecule has 200 valence electrons. The minimum absolute atomic E-state index is 0.239. The van der Waals surface area contributed by atoms with E-state index in [1.165, 1.54) is 4.90 Å². The molecule has 1 unspecified atom stereocenters. The summed E-state index contributed by atoms with van der Waals surface area (Å²) in [6.45, 7) is 8.77. The Labute approximate surface area is 235 Å². The summed E-state index contributed by atoms with van der Waals surface area (Å²) < 4.78 is 8.08. The topological polar surface area (TPSA) is 64.3 Å². The van der Waals surface area contributed by atoms with Gasteiger partial charge in [-0.05, 0) is 94.3 Å². The van der Waals surface area contributed by atoms with E-state index >= 15 is 0 Å². The molecule has 0 aliphatic rings. The number of hydrogen-bond donors (Lipinski definition) is 1. The van der Waals surface area contributed by atoms with Crippen LogP contribution in [-0.2, 0) is 6.61 Å². The number of carboxylic acids is 1. The number of para-hydroxylation sites is 1. The maximum Gasteiger partial charge on any atom is 0.335 e. The molecule has 1 heterocycles. The third-order valence-corrected chi connectivity index (χ3v) is 11.3. The first-order chi connectivity index (χ1) is 18.1. The first kappa shape index (κ1) is 28.1. The number of aromatic carboxylic acids is 1. The van der Waals surface area contributed by atoms with Gasteiger partial charge in [0.25, 0.3) is 0 Å². The summed E-state index contributed by atoms with van der Waals surface area (Å²) in [5.41, 5.74) is 4.01. The third-order valence-electron chi connectivity index (χ3n) is 6.86. The van der Waals surface area contributed by atoms with Crippen molar-refractivity contribution in [2.24, 2.45) is 0 Å². The molecule has 0 radical (unpaired) electrons. The van der Waals surface area contributed by atoms with Crippen LogP contribution in [0.1, 0.15) is 53.9 Å². The van der Waals surface area contributed by atoms with Gasteiger partial charge in [0.15, 0.2) is 0 Å². The Bertz CT molecular complexity index is 1460. The minimum atomic E-state index is -1.43. The number of hydrogen-bond acceptors (Lipinski definition) is 3. The molecule has 0 saturated heterocycles. The molecule has 3 aromatic carbocycles. The highest BCUT2D eigenvalue weighted by atomic mass is 35.5. The molecule has 1 atom stereocenters. The van der Waals surface area contributed by atoms with Crippen LogP contribution in [0.4, 0.5) is 0 Å². The molecule has 0 spiro atoms. The smallest absolute Gasteiger partial charge is 0.335 e. The van der Waals surface area contributed by atoms with Crippen molar-refractivity contribution in [1.82, 2.24) is 9.78 Å². The van der Waals surface area contributed by atoms with Crippen LogP contribution >= 0.6 is 33.2 Å². The molecule has 1 N–H and O–H groups in total. The normalized spacial score (nSPS) is 13.8. The molecule has 0 bridgehead atoms. The molecule has 38 heavy (non-hydrogen) atoms. The lowest BCUT2D eigenvalue weighted by Gasteiger charge is -2.37. The number of benzene rings is 3.